The van der Waals surface area contributed by atoms with Crippen molar-refractivity contribution >= 4 is 29.2 Å². The van der Waals surface area contributed by atoms with Gasteiger partial charge in [0.2, 0.25) is 5.91 Å². The molecule has 2 amide bonds. The average molecular weight is 328 g/mol. The molecule has 0 spiro atoms. The monoisotopic (exact) mass is 328 g/mol. The van der Waals surface area contributed by atoms with E-state index in [0.29, 0.717) is 11.4 Å². The number of hydrogen-bond acceptors (Lipinski definition) is 4. The van der Waals surface area contributed by atoms with Crippen LogP contribution in [0.5, 0.6) is 0 Å². The fourth-order valence-electron chi connectivity index (χ4n) is 2.67. The molecule has 2 N–H and O–H groups in total. The predicted octanol–water partition coefficient (Wildman–Crippen LogP) is 2.28. The van der Waals surface area contributed by atoms with Gasteiger partial charge < -0.3 is 19.7 Å². The first-order chi connectivity index (χ1) is 11.5. The summed E-state index contributed by atoms with van der Waals surface area (Å²) < 4.78 is 5.04. The van der Waals surface area contributed by atoms with Crippen LogP contribution in [-0.2, 0) is 9.59 Å². The summed E-state index contributed by atoms with van der Waals surface area (Å²) in [5.41, 5.74) is 1.98. The van der Waals surface area contributed by atoms with Crippen molar-refractivity contribution in [2.45, 2.75) is 13.3 Å². The highest BCUT2D eigenvalue weighted by atomic mass is 16.4. The van der Waals surface area contributed by atoms with Gasteiger partial charge in [-0.05, 0) is 42.8 Å². The number of aryl methyl sites for hydroxylation is 1. The van der Waals surface area contributed by atoms with Crippen molar-refractivity contribution in [3.8, 4) is 0 Å². The number of nitrogens with one attached hydrogen (secondary N) is 1. The number of furan rings is 1. The molecule has 2 heterocycles. The van der Waals surface area contributed by atoms with Crippen molar-refractivity contribution in [1.82, 2.24) is 0 Å². The number of amides is 2. The average Bonchev–Trinajstić information content (AvgIpc) is 3.18. The van der Waals surface area contributed by atoms with E-state index in [4.69, 9.17) is 9.52 Å². The number of rotatable bonds is 4. The molecule has 0 saturated carbocycles. The van der Waals surface area contributed by atoms with E-state index in [1.54, 1.807) is 37.3 Å². The van der Waals surface area contributed by atoms with Crippen molar-refractivity contribution in [2.24, 2.45) is 5.92 Å². The van der Waals surface area contributed by atoms with Gasteiger partial charge in [0.15, 0.2) is 5.76 Å². The number of benzene rings is 1. The first-order valence-electron chi connectivity index (χ1n) is 7.44. The molecule has 3 rings (SSSR count). The van der Waals surface area contributed by atoms with E-state index in [1.165, 1.54) is 11.2 Å². The molecular weight excluding hydrogens is 312 g/mol. The van der Waals surface area contributed by atoms with Crippen LogP contribution >= 0.6 is 0 Å². The van der Waals surface area contributed by atoms with Gasteiger partial charge in [0, 0.05) is 24.3 Å². The van der Waals surface area contributed by atoms with E-state index in [-0.39, 0.29) is 30.5 Å². The van der Waals surface area contributed by atoms with E-state index >= 15 is 0 Å². The van der Waals surface area contributed by atoms with Gasteiger partial charge in [-0.3, -0.25) is 14.4 Å². The quantitative estimate of drug-likeness (QED) is 0.897. The SMILES string of the molecule is Cc1cc(N2C[C@H](C(=O)O)CC2=O)ccc1NC(=O)c1ccco1. The minimum Gasteiger partial charge on any atom is -0.481 e. The van der Waals surface area contributed by atoms with Gasteiger partial charge in [0.25, 0.3) is 5.91 Å². The summed E-state index contributed by atoms with van der Waals surface area (Å²) in [7, 11) is 0. The summed E-state index contributed by atoms with van der Waals surface area (Å²) in [6, 6.07) is 8.32. The van der Waals surface area contributed by atoms with Crippen LogP contribution in [0.1, 0.15) is 22.5 Å². The zero-order valence-electron chi connectivity index (χ0n) is 13.0. The summed E-state index contributed by atoms with van der Waals surface area (Å²) in [6.45, 7) is 1.96. The van der Waals surface area contributed by atoms with Crippen LogP contribution in [0.4, 0.5) is 11.4 Å². The molecule has 0 unspecified atom stereocenters. The summed E-state index contributed by atoms with van der Waals surface area (Å²) in [5.74, 6) is -2.02. The fraction of sp³-hybridized carbons (Fsp3) is 0.235. The Labute approximate surface area is 137 Å². The van der Waals surface area contributed by atoms with Crippen LogP contribution in [0.3, 0.4) is 0 Å². The second kappa shape index (κ2) is 6.19. The standard InChI is InChI=1S/C17H16N2O5/c1-10-7-12(19-9-11(17(22)23)8-15(19)20)4-5-13(10)18-16(21)14-3-2-6-24-14/h2-7,11H,8-9H2,1H3,(H,18,21)(H,22,23)/t11-/m1/s1. The Morgan fingerprint density at radius 3 is 2.71 bits per heavy atom. The molecule has 1 fully saturated rings. The van der Waals surface area contributed by atoms with Gasteiger partial charge in [-0.1, -0.05) is 0 Å². The smallest absolute Gasteiger partial charge is 0.308 e. The zero-order chi connectivity index (χ0) is 17.3. The number of hydrogen-bond donors (Lipinski definition) is 2. The Morgan fingerprint density at radius 2 is 2.12 bits per heavy atom. The predicted molar refractivity (Wildman–Crippen MR) is 85.9 cm³/mol. The van der Waals surface area contributed by atoms with Crippen molar-refractivity contribution in [3.63, 3.8) is 0 Å². The third-order valence-corrected chi connectivity index (χ3v) is 3.99. The summed E-state index contributed by atoms with van der Waals surface area (Å²) in [4.78, 5) is 36.5. The molecule has 7 heteroatoms. The lowest BCUT2D eigenvalue weighted by Gasteiger charge is -2.18. The van der Waals surface area contributed by atoms with Crippen molar-refractivity contribution in [3.05, 3.63) is 47.9 Å². The molecule has 1 aromatic heterocycles. The number of anilines is 2. The summed E-state index contributed by atoms with van der Waals surface area (Å²) >= 11 is 0. The number of carboxylic acid groups (broad SMARTS) is 1. The van der Waals surface area contributed by atoms with Crippen LogP contribution in [0, 0.1) is 12.8 Å². The highest BCUT2D eigenvalue weighted by Crippen LogP contribution is 2.28. The lowest BCUT2D eigenvalue weighted by atomic mass is 10.1. The molecule has 1 aliphatic rings. The lowest BCUT2D eigenvalue weighted by Crippen LogP contribution is -2.25. The van der Waals surface area contributed by atoms with Crippen LogP contribution in [0.25, 0.3) is 0 Å². The zero-order valence-corrected chi connectivity index (χ0v) is 13.0. The largest absolute Gasteiger partial charge is 0.481 e. The van der Waals surface area contributed by atoms with Gasteiger partial charge in [-0.2, -0.15) is 0 Å². The Balaban J connectivity index is 1.77. The molecule has 7 nitrogen and oxygen atoms in total. The highest BCUT2D eigenvalue weighted by molar-refractivity contribution is 6.03. The molecular formula is C17H16N2O5. The maximum absolute atomic E-state index is 12.0. The Hall–Kier alpha value is -3.09. The number of carboxylic acids is 1. The van der Waals surface area contributed by atoms with E-state index in [9.17, 15) is 14.4 Å². The third-order valence-electron chi connectivity index (χ3n) is 3.99. The molecule has 124 valence electrons. The van der Waals surface area contributed by atoms with Crippen molar-refractivity contribution in [1.29, 1.82) is 0 Å². The fourth-order valence-corrected chi connectivity index (χ4v) is 2.67. The third kappa shape index (κ3) is 3.01. The first kappa shape index (κ1) is 15.8. The molecule has 24 heavy (non-hydrogen) atoms. The van der Waals surface area contributed by atoms with E-state index in [0.717, 1.165) is 5.56 Å². The number of aliphatic carboxylic acids is 1. The minimum absolute atomic E-state index is 0.00532. The molecule has 0 radical (unpaired) electrons. The van der Waals surface area contributed by atoms with Crippen molar-refractivity contribution < 1.29 is 23.9 Å². The van der Waals surface area contributed by atoms with Gasteiger partial charge >= 0.3 is 5.97 Å². The molecule has 1 atom stereocenters. The van der Waals surface area contributed by atoms with Gasteiger partial charge in [-0.25, -0.2) is 0 Å². The Morgan fingerprint density at radius 1 is 1.33 bits per heavy atom. The molecule has 2 aromatic rings. The van der Waals surface area contributed by atoms with Gasteiger partial charge in [-0.15, -0.1) is 0 Å². The second-order valence-electron chi connectivity index (χ2n) is 5.67. The Kier molecular flexibility index (Phi) is 4.07. The van der Waals surface area contributed by atoms with E-state index in [1.807, 2.05) is 0 Å². The maximum Gasteiger partial charge on any atom is 0.308 e. The molecule has 1 aliphatic heterocycles. The Bertz CT molecular complexity index is 797. The molecule has 1 saturated heterocycles. The second-order valence-corrected chi connectivity index (χ2v) is 5.67. The maximum atomic E-state index is 12.0. The normalized spacial score (nSPS) is 17.1. The van der Waals surface area contributed by atoms with Crippen LogP contribution in [0.15, 0.2) is 41.0 Å². The number of carbonyl (C=O) groups excluding carboxylic acids is 2. The minimum atomic E-state index is -0.968. The first-order valence-corrected chi connectivity index (χ1v) is 7.44. The van der Waals surface area contributed by atoms with E-state index in [2.05, 4.69) is 5.32 Å². The van der Waals surface area contributed by atoms with Crippen LogP contribution < -0.4 is 10.2 Å². The topological polar surface area (TPSA) is 99.9 Å². The lowest BCUT2D eigenvalue weighted by molar-refractivity contribution is -0.141. The molecule has 1 aromatic carbocycles. The summed E-state index contributed by atoms with van der Waals surface area (Å²) in [5, 5.41) is 11.8. The highest BCUT2D eigenvalue weighted by Gasteiger charge is 2.35. The van der Waals surface area contributed by atoms with Gasteiger partial charge in [0.1, 0.15) is 0 Å². The van der Waals surface area contributed by atoms with Crippen LogP contribution in [-0.4, -0.2) is 29.4 Å². The number of carbonyl (C=O) groups is 3. The molecule has 0 aliphatic carbocycles. The molecule has 0 bridgehead atoms. The van der Waals surface area contributed by atoms with Crippen molar-refractivity contribution in [2.75, 3.05) is 16.8 Å². The van der Waals surface area contributed by atoms with Gasteiger partial charge in [0.05, 0.1) is 12.2 Å². The van der Waals surface area contributed by atoms with Crippen LogP contribution in [0.2, 0.25) is 0 Å². The number of nitrogens with zero attached hydrogens (tertiary/aromatic N) is 1. The van der Waals surface area contributed by atoms with E-state index < -0.39 is 11.9 Å². The summed E-state index contributed by atoms with van der Waals surface area (Å²) in [6.07, 6.45) is 1.42.